The van der Waals surface area contributed by atoms with Gasteiger partial charge in [0.15, 0.2) is 0 Å². The molecule has 0 aliphatic carbocycles. The molecule has 0 aromatic heterocycles. The first-order valence-electron chi connectivity index (χ1n) is 5.39. The summed E-state index contributed by atoms with van der Waals surface area (Å²) in [6.07, 6.45) is 3.99. The van der Waals surface area contributed by atoms with Gasteiger partial charge in [0.25, 0.3) is 0 Å². The zero-order valence-corrected chi connectivity index (χ0v) is 10.7. The number of benzene rings is 1. The Morgan fingerprint density at radius 2 is 1.88 bits per heavy atom. The molecule has 1 nitrogen and oxygen atoms in total. The van der Waals surface area contributed by atoms with Crippen LogP contribution in [0, 0.1) is 27.4 Å². The van der Waals surface area contributed by atoms with Crippen LogP contribution in [-0.4, -0.2) is 7.11 Å². The molecule has 0 unspecified atom stereocenters. The molecule has 1 rings (SSSR count). The van der Waals surface area contributed by atoms with E-state index in [0.29, 0.717) is 0 Å². The third kappa shape index (κ3) is 2.54. The summed E-state index contributed by atoms with van der Waals surface area (Å²) in [6, 6.07) is 2.06. The monoisotopic (exact) mass is 215 g/mol. The van der Waals surface area contributed by atoms with E-state index in [2.05, 4.69) is 32.9 Å². The Morgan fingerprint density at radius 3 is 2.38 bits per heavy atom. The lowest BCUT2D eigenvalue weighted by molar-refractivity contribution is 0.411. The molecule has 0 bridgehead atoms. The van der Waals surface area contributed by atoms with Gasteiger partial charge in [-0.3, -0.25) is 0 Å². The molecule has 0 saturated heterocycles. The maximum absolute atomic E-state index is 5.64. The number of ether oxygens (including phenoxy) is 1. The molecule has 85 valence electrons. The van der Waals surface area contributed by atoms with Crippen LogP contribution >= 0.6 is 0 Å². The molecule has 0 saturated carbocycles. The summed E-state index contributed by atoms with van der Waals surface area (Å²) in [5.41, 5.74) is 5.67. The molecule has 0 aliphatic rings. The molecule has 1 aromatic rings. The minimum absolute atomic E-state index is 0.812. The molecule has 0 spiro atoms. The van der Waals surface area contributed by atoms with Crippen LogP contribution < -0.4 is 4.74 Å². The van der Waals surface area contributed by atoms with E-state index in [4.69, 9.17) is 11.3 Å². The summed E-state index contributed by atoms with van der Waals surface area (Å²) >= 11 is 0. The topological polar surface area (TPSA) is 9.23 Å². The molecular weight excluding hydrogens is 196 g/mol. The minimum atomic E-state index is 0.812. The largest absolute Gasteiger partial charge is 0.496 e. The van der Waals surface area contributed by atoms with Gasteiger partial charge in [0.05, 0.1) is 7.11 Å². The highest BCUT2D eigenvalue weighted by atomic mass is 16.5. The fraction of sp³-hybridized carbons (Fsp3) is 0.333. The van der Waals surface area contributed by atoms with E-state index in [1.165, 1.54) is 22.3 Å². The lowest BCUT2D eigenvalue weighted by Crippen LogP contribution is -1.95. The van der Waals surface area contributed by atoms with Gasteiger partial charge in [-0.25, -0.2) is 0 Å². The average molecular weight is 215 g/mol. The number of allylic oxidation sites excluding steroid dienone is 2. The fourth-order valence-electron chi connectivity index (χ4n) is 1.75. The van der Waals surface area contributed by atoms with Crippen LogP contribution in [0.25, 0.3) is 6.08 Å². The molecule has 0 amide bonds. The molecule has 0 atom stereocenters. The Balaban J connectivity index is 3.30. The highest BCUT2D eigenvalue weighted by Gasteiger charge is 2.08. The van der Waals surface area contributed by atoms with Gasteiger partial charge in [-0.2, -0.15) is 0 Å². The third-order valence-corrected chi connectivity index (χ3v) is 2.84. The Kier molecular flexibility index (Phi) is 3.94. The molecule has 0 fully saturated rings. The molecule has 1 aromatic carbocycles. The van der Waals surface area contributed by atoms with Gasteiger partial charge in [0, 0.05) is 0 Å². The molecule has 16 heavy (non-hydrogen) atoms. The van der Waals surface area contributed by atoms with Crippen molar-refractivity contribution in [1.29, 1.82) is 0 Å². The van der Waals surface area contributed by atoms with Crippen molar-refractivity contribution in [3.63, 3.8) is 0 Å². The van der Waals surface area contributed by atoms with E-state index in [1.54, 1.807) is 7.11 Å². The van der Waals surface area contributed by atoms with Gasteiger partial charge in [0.2, 0.25) is 0 Å². The average Bonchev–Trinajstić information content (AvgIpc) is 2.22. The van der Waals surface area contributed by atoms with Gasteiger partial charge in [-0.15, -0.1) is 0 Å². The van der Waals surface area contributed by atoms with Crippen molar-refractivity contribution in [1.82, 2.24) is 0 Å². The number of aryl methyl sites for hydroxylation is 1. The lowest BCUT2D eigenvalue weighted by atomic mass is 9.96. The van der Waals surface area contributed by atoms with E-state index in [0.717, 1.165) is 11.3 Å². The van der Waals surface area contributed by atoms with E-state index in [9.17, 15) is 0 Å². The van der Waals surface area contributed by atoms with Crippen LogP contribution in [0.4, 0.5) is 0 Å². The maximum atomic E-state index is 5.64. The predicted molar refractivity (Wildman–Crippen MR) is 69.7 cm³/mol. The van der Waals surface area contributed by atoms with E-state index >= 15 is 0 Å². The van der Waals surface area contributed by atoms with Crippen molar-refractivity contribution in [2.24, 2.45) is 0 Å². The Morgan fingerprint density at radius 1 is 1.25 bits per heavy atom. The minimum Gasteiger partial charge on any atom is -0.496 e. The SMILES string of the molecule is [CH]=C(C)C=Cc1c(C)cc(OC)c(C)c1C. The number of methoxy groups -OCH3 is 1. The van der Waals surface area contributed by atoms with E-state index < -0.39 is 0 Å². The normalized spacial score (nSPS) is 10.8. The molecular formula is C15H19O. The quantitative estimate of drug-likeness (QED) is 0.692. The van der Waals surface area contributed by atoms with Crippen LogP contribution in [0.5, 0.6) is 5.75 Å². The summed E-state index contributed by atoms with van der Waals surface area (Å²) in [5, 5.41) is 0. The first kappa shape index (κ1) is 12.6. The molecule has 1 heteroatoms. The van der Waals surface area contributed by atoms with Crippen molar-refractivity contribution in [3.8, 4) is 5.75 Å². The highest BCUT2D eigenvalue weighted by molar-refractivity contribution is 5.63. The Labute approximate surface area is 98.5 Å². The maximum Gasteiger partial charge on any atom is 0.122 e. The predicted octanol–water partition coefficient (Wildman–Crippen LogP) is 4.01. The first-order chi connectivity index (χ1) is 7.47. The van der Waals surface area contributed by atoms with Gasteiger partial charge >= 0.3 is 0 Å². The number of rotatable bonds is 3. The van der Waals surface area contributed by atoms with Crippen LogP contribution in [-0.2, 0) is 0 Å². The Bertz CT molecular complexity index is 439. The third-order valence-electron chi connectivity index (χ3n) is 2.84. The van der Waals surface area contributed by atoms with Crippen molar-refractivity contribution in [3.05, 3.63) is 46.5 Å². The summed E-state index contributed by atoms with van der Waals surface area (Å²) < 4.78 is 5.33. The molecule has 0 heterocycles. The van der Waals surface area contributed by atoms with Crippen LogP contribution in [0.15, 0.2) is 17.7 Å². The van der Waals surface area contributed by atoms with Gasteiger partial charge in [0.1, 0.15) is 5.75 Å². The highest BCUT2D eigenvalue weighted by Crippen LogP contribution is 2.28. The van der Waals surface area contributed by atoms with Crippen LogP contribution in [0.1, 0.15) is 29.2 Å². The van der Waals surface area contributed by atoms with Crippen molar-refractivity contribution < 1.29 is 4.74 Å². The van der Waals surface area contributed by atoms with Crippen molar-refractivity contribution in [2.45, 2.75) is 27.7 Å². The van der Waals surface area contributed by atoms with E-state index in [-0.39, 0.29) is 0 Å². The van der Waals surface area contributed by atoms with Crippen LogP contribution in [0.3, 0.4) is 0 Å². The summed E-state index contributed by atoms with van der Waals surface area (Å²) in [6.45, 7) is 13.8. The standard InChI is InChI=1S/C15H19O/c1-10(2)7-8-14-11(3)9-15(16-6)13(5)12(14)4/h1,7-9H,2-6H3. The lowest BCUT2D eigenvalue weighted by Gasteiger charge is -2.13. The summed E-state index contributed by atoms with van der Waals surface area (Å²) in [5.74, 6) is 0.945. The van der Waals surface area contributed by atoms with Gasteiger partial charge < -0.3 is 4.74 Å². The molecule has 1 radical (unpaired) electrons. The molecule has 0 aliphatic heterocycles. The summed E-state index contributed by atoms with van der Waals surface area (Å²) in [7, 11) is 1.70. The fourth-order valence-corrected chi connectivity index (χ4v) is 1.75. The van der Waals surface area contributed by atoms with Crippen molar-refractivity contribution in [2.75, 3.05) is 7.11 Å². The van der Waals surface area contributed by atoms with Gasteiger partial charge in [-0.1, -0.05) is 24.3 Å². The zero-order valence-electron chi connectivity index (χ0n) is 10.7. The number of hydrogen-bond donors (Lipinski definition) is 0. The second kappa shape index (κ2) is 5.02. The van der Waals surface area contributed by atoms with Crippen molar-refractivity contribution >= 4 is 6.08 Å². The second-order valence-electron chi connectivity index (χ2n) is 4.14. The van der Waals surface area contributed by atoms with Crippen LogP contribution in [0.2, 0.25) is 0 Å². The second-order valence-corrected chi connectivity index (χ2v) is 4.14. The van der Waals surface area contributed by atoms with Gasteiger partial charge in [-0.05, 0) is 56.0 Å². The Hall–Kier alpha value is -1.50. The summed E-state index contributed by atoms with van der Waals surface area (Å²) in [4.78, 5) is 0. The first-order valence-corrected chi connectivity index (χ1v) is 5.39. The smallest absolute Gasteiger partial charge is 0.122 e. The number of hydrogen-bond acceptors (Lipinski definition) is 1. The zero-order chi connectivity index (χ0) is 12.3. The van der Waals surface area contributed by atoms with E-state index in [1.807, 2.05) is 13.0 Å². The molecule has 0 N–H and O–H groups in total.